The number of hydrogen-bond acceptors (Lipinski definition) is 4. The second kappa shape index (κ2) is 7.02. The summed E-state index contributed by atoms with van der Waals surface area (Å²) in [6.07, 6.45) is 3.02. The summed E-state index contributed by atoms with van der Waals surface area (Å²) in [7, 11) is 1.84. The number of nitrogens with two attached hydrogens (primary N) is 1. The summed E-state index contributed by atoms with van der Waals surface area (Å²) in [6, 6.07) is 5.76. The van der Waals surface area contributed by atoms with Crippen LogP contribution >= 0.6 is 0 Å². The van der Waals surface area contributed by atoms with Gasteiger partial charge in [0.2, 0.25) is 6.41 Å². The highest BCUT2D eigenvalue weighted by Crippen LogP contribution is 2.30. The van der Waals surface area contributed by atoms with Crippen molar-refractivity contribution in [2.24, 2.45) is 11.7 Å². The van der Waals surface area contributed by atoms with Crippen LogP contribution in [0.5, 0.6) is 5.75 Å². The van der Waals surface area contributed by atoms with Crippen molar-refractivity contribution in [3.05, 3.63) is 30.3 Å². The van der Waals surface area contributed by atoms with Gasteiger partial charge in [0.1, 0.15) is 5.75 Å². The molecule has 5 nitrogen and oxygen atoms in total. The normalized spacial score (nSPS) is 18.1. The third kappa shape index (κ3) is 3.68. The van der Waals surface area contributed by atoms with Gasteiger partial charge in [-0.2, -0.15) is 0 Å². The minimum absolute atomic E-state index is 0.362. The highest BCUT2D eigenvalue weighted by Gasteiger charge is 2.20. The van der Waals surface area contributed by atoms with Crippen LogP contribution in [0.15, 0.2) is 24.8 Å². The van der Waals surface area contributed by atoms with Gasteiger partial charge in [-0.05, 0) is 25.0 Å². The van der Waals surface area contributed by atoms with Gasteiger partial charge < -0.3 is 20.7 Å². The number of carbonyl (C=O) groups is 1. The fourth-order valence-electron chi connectivity index (χ4n) is 2.73. The molecule has 0 saturated carbocycles. The maximum absolute atomic E-state index is 10.9. The Morgan fingerprint density at radius 2 is 2.43 bits per heavy atom. The predicted octanol–water partition coefficient (Wildman–Crippen LogP) is 1.90. The van der Waals surface area contributed by atoms with Crippen molar-refractivity contribution in [1.29, 1.82) is 0 Å². The molecule has 2 rings (SSSR count). The first-order valence-corrected chi connectivity index (χ1v) is 7.23. The van der Waals surface area contributed by atoms with Crippen molar-refractivity contribution < 1.29 is 9.53 Å². The van der Waals surface area contributed by atoms with Crippen molar-refractivity contribution in [2.75, 3.05) is 32.1 Å². The van der Waals surface area contributed by atoms with Crippen molar-refractivity contribution in [3.8, 4) is 5.75 Å². The van der Waals surface area contributed by atoms with E-state index < -0.39 is 0 Å². The van der Waals surface area contributed by atoms with Gasteiger partial charge in [-0.25, -0.2) is 0 Å². The van der Waals surface area contributed by atoms with Crippen LogP contribution in [-0.4, -0.2) is 38.1 Å². The highest BCUT2D eigenvalue weighted by atomic mass is 16.5. The summed E-state index contributed by atoms with van der Waals surface area (Å²) in [5.41, 5.74) is 8.06. The summed E-state index contributed by atoms with van der Waals surface area (Å²) in [6.45, 7) is 6.00. The monoisotopic (exact) mass is 289 g/mol. The predicted molar refractivity (Wildman–Crippen MR) is 85.1 cm³/mol. The number of amides is 1. The van der Waals surface area contributed by atoms with Gasteiger partial charge in [0.05, 0.1) is 12.2 Å². The molecule has 0 aromatic heterocycles. The maximum Gasteiger partial charge on any atom is 0.209 e. The molecule has 0 bridgehead atoms. The molecule has 0 aliphatic carbocycles. The topological polar surface area (TPSA) is 67.6 Å². The van der Waals surface area contributed by atoms with Gasteiger partial charge >= 0.3 is 0 Å². The maximum atomic E-state index is 10.9. The zero-order valence-corrected chi connectivity index (χ0v) is 12.5. The molecule has 1 atom stereocenters. The SMILES string of the molecule is C=C(N)c1c(NC)cccc1OCC1CCCN(C=O)C1. The summed E-state index contributed by atoms with van der Waals surface area (Å²) < 4.78 is 5.95. The summed E-state index contributed by atoms with van der Waals surface area (Å²) >= 11 is 0. The lowest BCUT2D eigenvalue weighted by atomic mass is 9.99. The van der Waals surface area contributed by atoms with E-state index in [0.29, 0.717) is 18.2 Å². The molecule has 1 aliphatic heterocycles. The molecule has 0 spiro atoms. The van der Waals surface area contributed by atoms with E-state index in [2.05, 4.69) is 11.9 Å². The lowest BCUT2D eigenvalue weighted by molar-refractivity contribution is -0.119. The van der Waals surface area contributed by atoms with E-state index in [9.17, 15) is 4.79 Å². The standard InChI is InChI=1S/C16H23N3O2/c1-12(17)16-14(18-2)6-3-7-15(16)21-10-13-5-4-8-19(9-13)11-20/h3,6-7,11,13,18H,1,4-5,8-10,17H2,2H3. The van der Waals surface area contributed by atoms with Crippen LogP contribution in [0.4, 0.5) is 5.69 Å². The quantitative estimate of drug-likeness (QED) is 0.785. The van der Waals surface area contributed by atoms with Crippen molar-refractivity contribution in [3.63, 3.8) is 0 Å². The van der Waals surface area contributed by atoms with Crippen LogP contribution in [0.2, 0.25) is 0 Å². The number of hydrogen-bond donors (Lipinski definition) is 2. The molecular weight excluding hydrogens is 266 g/mol. The lowest BCUT2D eigenvalue weighted by Crippen LogP contribution is -2.36. The highest BCUT2D eigenvalue weighted by molar-refractivity contribution is 5.77. The molecule has 114 valence electrons. The average Bonchev–Trinajstić information content (AvgIpc) is 2.52. The number of likely N-dealkylation sites (tertiary alicyclic amines) is 1. The van der Waals surface area contributed by atoms with Crippen LogP contribution < -0.4 is 15.8 Å². The molecule has 0 radical (unpaired) electrons. The van der Waals surface area contributed by atoms with E-state index in [1.807, 2.05) is 30.1 Å². The van der Waals surface area contributed by atoms with E-state index in [1.54, 1.807) is 0 Å². The van der Waals surface area contributed by atoms with Crippen molar-refractivity contribution in [2.45, 2.75) is 12.8 Å². The molecule has 1 aromatic carbocycles. The van der Waals surface area contributed by atoms with Crippen LogP contribution in [0, 0.1) is 5.92 Å². The fourth-order valence-corrected chi connectivity index (χ4v) is 2.73. The van der Waals surface area contributed by atoms with E-state index >= 15 is 0 Å². The molecule has 3 N–H and O–H groups in total. The Bertz CT molecular complexity index is 516. The Kier molecular flexibility index (Phi) is 5.09. The Labute approximate surface area is 125 Å². The third-order valence-corrected chi connectivity index (χ3v) is 3.79. The largest absolute Gasteiger partial charge is 0.492 e. The smallest absolute Gasteiger partial charge is 0.209 e. The molecule has 21 heavy (non-hydrogen) atoms. The molecule has 1 aromatic rings. The summed E-state index contributed by atoms with van der Waals surface area (Å²) in [5.74, 6) is 1.10. The van der Waals surface area contributed by atoms with Gasteiger partial charge in [0, 0.05) is 37.4 Å². The molecule has 1 aliphatic rings. The van der Waals surface area contributed by atoms with Gasteiger partial charge in [0.15, 0.2) is 0 Å². The Morgan fingerprint density at radius 1 is 1.62 bits per heavy atom. The van der Waals surface area contributed by atoms with E-state index in [0.717, 1.165) is 49.3 Å². The molecule has 1 heterocycles. The first-order valence-electron chi connectivity index (χ1n) is 7.23. The van der Waals surface area contributed by atoms with Gasteiger partial charge in [0.25, 0.3) is 0 Å². The fraction of sp³-hybridized carbons (Fsp3) is 0.438. The third-order valence-electron chi connectivity index (χ3n) is 3.79. The van der Waals surface area contributed by atoms with Crippen LogP contribution in [0.1, 0.15) is 18.4 Å². The zero-order valence-electron chi connectivity index (χ0n) is 12.5. The van der Waals surface area contributed by atoms with E-state index in [4.69, 9.17) is 10.5 Å². The Balaban J connectivity index is 2.06. The Hall–Kier alpha value is -2.17. The Morgan fingerprint density at radius 3 is 3.10 bits per heavy atom. The van der Waals surface area contributed by atoms with Crippen LogP contribution in [-0.2, 0) is 4.79 Å². The van der Waals surface area contributed by atoms with Gasteiger partial charge in [-0.15, -0.1) is 0 Å². The number of nitrogens with zero attached hydrogens (tertiary/aromatic N) is 1. The molecule has 1 saturated heterocycles. The van der Waals surface area contributed by atoms with Gasteiger partial charge in [-0.3, -0.25) is 4.79 Å². The number of nitrogens with one attached hydrogen (secondary N) is 1. The first-order chi connectivity index (χ1) is 10.2. The molecule has 1 amide bonds. The lowest BCUT2D eigenvalue weighted by Gasteiger charge is -2.30. The van der Waals surface area contributed by atoms with Crippen LogP contribution in [0.25, 0.3) is 5.70 Å². The second-order valence-electron chi connectivity index (χ2n) is 5.37. The number of carbonyl (C=O) groups excluding carboxylic acids is 1. The average molecular weight is 289 g/mol. The molecular formula is C16H23N3O2. The number of rotatable bonds is 6. The molecule has 1 unspecified atom stereocenters. The zero-order chi connectivity index (χ0) is 15.2. The summed E-state index contributed by atoms with van der Waals surface area (Å²) in [5, 5.41) is 3.10. The van der Waals surface area contributed by atoms with Gasteiger partial charge in [-0.1, -0.05) is 12.6 Å². The summed E-state index contributed by atoms with van der Waals surface area (Å²) in [4.78, 5) is 12.7. The molecule has 5 heteroatoms. The van der Waals surface area contributed by atoms with Crippen LogP contribution in [0.3, 0.4) is 0 Å². The number of benzene rings is 1. The van der Waals surface area contributed by atoms with E-state index in [-0.39, 0.29) is 0 Å². The van der Waals surface area contributed by atoms with Crippen molar-refractivity contribution in [1.82, 2.24) is 4.90 Å². The minimum Gasteiger partial charge on any atom is -0.492 e. The second-order valence-corrected chi connectivity index (χ2v) is 5.37. The minimum atomic E-state index is 0.362. The first kappa shape index (κ1) is 15.2. The van der Waals surface area contributed by atoms with Crippen molar-refractivity contribution >= 4 is 17.8 Å². The number of piperidine rings is 1. The van der Waals surface area contributed by atoms with E-state index in [1.165, 1.54) is 0 Å². The number of ether oxygens (including phenoxy) is 1. The molecule has 1 fully saturated rings. The number of anilines is 1.